The Bertz CT molecular complexity index is 533. The van der Waals surface area contributed by atoms with Crippen molar-refractivity contribution in [2.24, 2.45) is 17.8 Å². The molecule has 0 heterocycles. The van der Waals surface area contributed by atoms with Gasteiger partial charge in [-0.3, -0.25) is 4.79 Å². The number of allylic oxidation sites excluding steroid dienone is 2. The van der Waals surface area contributed by atoms with Crippen LogP contribution >= 0.6 is 0 Å². The van der Waals surface area contributed by atoms with Crippen LogP contribution in [-0.4, -0.2) is 18.2 Å². The summed E-state index contributed by atoms with van der Waals surface area (Å²) in [7, 11) is 1.64. The number of carboxylic acid groups (broad SMARTS) is 1. The molecule has 0 aromatic heterocycles. The molecule has 114 valence electrons. The van der Waals surface area contributed by atoms with Crippen LogP contribution in [0.2, 0.25) is 0 Å². The molecule has 3 unspecified atom stereocenters. The normalized spacial score (nSPS) is 24.8. The van der Waals surface area contributed by atoms with Crippen molar-refractivity contribution in [1.82, 2.24) is 0 Å². The Morgan fingerprint density at radius 2 is 2.05 bits per heavy atom. The summed E-state index contributed by atoms with van der Waals surface area (Å²) in [5.74, 6) is 1.73. The highest BCUT2D eigenvalue weighted by molar-refractivity contribution is 5.71. The average Bonchev–Trinajstić information content (AvgIpc) is 2.43. The number of methoxy groups -OCH3 is 1. The summed E-state index contributed by atoms with van der Waals surface area (Å²) in [6, 6.07) is 5.70. The lowest BCUT2D eigenvalue weighted by Crippen LogP contribution is -2.19. The number of carbonyl (C=O) groups is 1. The number of benzene rings is 1. The number of hydrogen-bond donors (Lipinski definition) is 1. The number of rotatable bonds is 5. The second kappa shape index (κ2) is 6.79. The van der Waals surface area contributed by atoms with Crippen molar-refractivity contribution in [3.8, 4) is 5.75 Å². The summed E-state index contributed by atoms with van der Waals surface area (Å²) in [6.07, 6.45) is 6.72. The molecule has 0 aliphatic heterocycles. The van der Waals surface area contributed by atoms with Crippen molar-refractivity contribution in [2.75, 3.05) is 7.11 Å². The van der Waals surface area contributed by atoms with Crippen LogP contribution in [0.3, 0.4) is 0 Å². The summed E-state index contributed by atoms with van der Waals surface area (Å²) in [4.78, 5) is 11.0. The number of aliphatic carboxylic acids is 1. The van der Waals surface area contributed by atoms with Crippen LogP contribution in [0.1, 0.15) is 31.4 Å². The number of carboxylic acids is 1. The highest BCUT2D eigenvalue weighted by atomic mass is 16.5. The second-order valence-corrected chi connectivity index (χ2v) is 6.15. The molecule has 0 bridgehead atoms. The van der Waals surface area contributed by atoms with Crippen LogP contribution in [-0.2, 0) is 17.6 Å². The standard InChI is InChI=1S/C18H24O3/c1-12-4-5-14(13(2)8-12)9-16-10-17(21-3)7-6-15(16)11-18(19)20/h4-7,10,12-14H,8-9,11H2,1-3H3,(H,19,20). The van der Waals surface area contributed by atoms with E-state index in [1.54, 1.807) is 7.11 Å². The third-order valence-electron chi connectivity index (χ3n) is 4.37. The molecular formula is C18H24O3. The van der Waals surface area contributed by atoms with Crippen molar-refractivity contribution in [2.45, 2.75) is 33.1 Å². The van der Waals surface area contributed by atoms with Gasteiger partial charge in [0, 0.05) is 0 Å². The lowest BCUT2D eigenvalue weighted by molar-refractivity contribution is -0.136. The van der Waals surface area contributed by atoms with Gasteiger partial charge >= 0.3 is 5.97 Å². The van der Waals surface area contributed by atoms with Gasteiger partial charge in [-0.25, -0.2) is 0 Å². The SMILES string of the molecule is COc1ccc(CC(=O)O)c(CC2C=CC(C)CC2C)c1. The lowest BCUT2D eigenvalue weighted by atomic mass is 9.77. The topological polar surface area (TPSA) is 46.5 Å². The largest absolute Gasteiger partial charge is 0.497 e. The smallest absolute Gasteiger partial charge is 0.307 e. The Balaban J connectivity index is 2.24. The van der Waals surface area contributed by atoms with Crippen LogP contribution in [0.4, 0.5) is 0 Å². The molecule has 1 aromatic carbocycles. The summed E-state index contributed by atoms with van der Waals surface area (Å²) >= 11 is 0. The van der Waals surface area contributed by atoms with Crippen molar-refractivity contribution in [3.05, 3.63) is 41.5 Å². The highest BCUT2D eigenvalue weighted by Gasteiger charge is 2.22. The molecule has 0 fully saturated rings. The zero-order valence-corrected chi connectivity index (χ0v) is 13.0. The Kier molecular flexibility index (Phi) is 5.05. The molecule has 3 atom stereocenters. The van der Waals surface area contributed by atoms with Gasteiger partial charge in [-0.2, -0.15) is 0 Å². The molecule has 0 saturated carbocycles. The molecule has 2 rings (SSSR count). The fraction of sp³-hybridized carbons (Fsp3) is 0.500. The molecule has 1 N–H and O–H groups in total. The minimum Gasteiger partial charge on any atom is -0.497 e. The molecule has 1 aliphatic carbocycles. The van der Waals surface area contributed by atoms with E-state index < -0.39 is 5.97 Å². The van der Waals surface area contributed by atoms with Gasteiger partial charge in [0.15, 0.2) is 0 Å². The molecule has 0 radical (unpaired) electrons. The van der Waals surface area contributed by atoms with Gasteiger partial charge in [-0.1, -0.05) is 32.1 Å². The molecule has 1 aromatic rings. The highest BCUT2D eigenvalue weighted by Crippen LogP contribution is 2.32. The number of hydrogen-bond acceptors (Lipinski definition) is 2. The first kappa shape index (κ1) is 15.6. The average molecular weight is 288 g/mol. The maximum absolute atomic E-state index is 11.0. The van der Waals surface area contributed by atoms with Gasteiger partial charge in [0.1, 0.15) is 5.75 Å². The Morgan fingerprint density at radius 1 is 1.29 bits per heavy atom. The third-order valence-corrected chi connectivity index (χ3v) is 4.37. The summed E-state index contributed by atoms with van der Waals surface area (Å²) in [6.45, 7) is 4.52. The van der Waals surface area contributed by atoms with Gasteiger partial charge in [-0.05, 0) is 53.9 Å². The fourth-order valence-electron chi connectivity index (χ4n) is 3.14. The minimum atomic E-state index is -0.790. The minimum absolute atomic E-state index is 0.0700. The second-order valence-electron chi connectivity index (χ2n) is 6.15. The summed E-state index contributed by atoms with van der Waals surface area (Å²) < 4.78 is 5.28. The van der Waals surface area contributed by atoms with E-state index in [1.165, 1.54) is 6.42 Å². The van der Waals surface area contributed by atoms with Crippen molar-refractivity contribution < 1.29 is 14.6 Å². The van der Waals surface area contributed by atoms with Crippen LogP contribution in [0, 0.1) is 17.8 Å². The van der Waals surface area contributed by atoms with E-state index in [1.807, 2.05) is 18.2 Å². The summed E-state index contributed by atoms with van der Waals surface area (Å²) in [5, 5.41) is 9.07. The predicted octanol–water partition coefficient (Wildman–Crippen LogP) is 3.71. The zero-order chi connectivity index (χ0) is 15.4. The fourth-order valence-corrected chi connectivity index (χ4v) is 3.14. The molecule has 21 heavy (non-hydrogen) atoms. The molecule has 0 amide bonds. The van der Waals surface area contributed by atoms with E-state index in [0.717, 1.165) is 23.3 Å². The lowest BCUT2D eigenvalue weighted by Gasteiger charge is -2.28. The molecule has 3 heteroatoms. The molecule has 3 nitrogen and oxygen atoms in total. The first-order valence-electron chi connectivity index (χ1n) is 7.55. The first-order chi connectivity index (χ1) is 9.99. The van der Waals surface area contributed by atoms with Gasteiger partial charge in [0.25, 0.3) is 0 Å². The van der Waals surface area contributed by atoms with Crippen molar-refractivity contribution >= 4 is 5.97 Å². The van der Waals surface area contributed by atoms with E-state index in [0.29, 0.717) is 17.8 Å². The summed E-state index contributed by atoms with van der Waals surface area (Å²) in [5.41, 5.74) is 1.98. The molecule has 0 spiro atoms. The van der Waals surface area contributed by atoms with E-state index in [2.05, 4.69) is 26.0 Å². The monoisotopic (exact) mass is 288 g/mol. The Labute approximate surface area is 126 Å². The van der Waals surface area contributed by atoms with E-state index in [9.17, 15) is 4.79 Å². The van der Waals surface area contributed by atoms with Crippen LogP contribution < -0.4 is 4.74 Å². The number of ether oxygens (including phenoxy) is 1. The molecular weight excluding hydrogens is 264 g/mol. The predicted molar refractivity (Wildman–Crippen MR) is 83.6 cm³/mol. The Hall–Kier alpha value is -1.77. The van der Waals surface area contributed by atoms with Gasteiger partial charge in [-0.15, -0.1) is 0 Å². The first-order valence-corrected chi connectivity index (χ1v) is 7.55. The van der Waals surface area contributed by atoms with E-state index in [4.69, 9.17) is 9.84 Å². The van der Waals surface area contributed by atoms with Gasteiger partial charge in [0.05, 0.1) is 13.5 Å². The third kappa shape index (κ3) is 4.10. The maximum atomic E-state index is 11.0. The maximum Gasteiger partial charge on any atom is 0.307 e. The quantitative estimate of drug-likeness (QED) is 0.840. The molecule has 1 aliphatic rings. The zero-order valence-electron chi connectivity index (χ0n) is 13.0. The van der Waals surface area contributed by atoms with E-state index >= 15 is 0 Å². The molecule has 0 saturated heterocycles. The van der Waals surface area contributed by atoms with Crippen LogP contribution in [0.15, 0.2) is 30.4 Å². The van der Waals surface area contributed by atoms with Crippen LogP contribution in [0.5, 0.6) is 5.75 Å². The van der Waals surface area contributed by atoms with Gasteiger partial charge < -0.3 is 9.84 Å². The van der Waals surface area contributed by atoms with Crippen LogP contribution in [0.25, 0.3) is 0 Å². The Morgan fingerprint density at radius 3 is 2.67 bits per heavy atom. The van der Waals surface area contributed by atoms with Crippen molar-refractivity contribution in [3.63, 3.8) is 0 Å². The van der Waals surface area contributed by atoms with E-state index in [-0.39, 0.29) is 6.42 Å². The van der Waals surface area contributed by atoms with Gasteiger partial charge in [0.2, 0.25) is 0 Å². The van der Waals surface area contributed by atoms with Crippen molar-refractivity contribution in [1.29, 1.82) is 0 Å².